The summed E-state index contributed by atoms with van der Waals surface area (Å²) in [6, 6.07) is 6.73. The molecule has 0 aliphatic heterocycles. The van der Waals surface area contributed by atoms with Crippen LogP contribution >= 0.6 is 11.3 Å². The number of nitrogens with zero attached hydrogens (tertiary/aromatic N) is 3. The second-order valence-corrected chi connectivity index (χ2v) is 5.38. The minimum atomic E-state index is -0.655. The van der Waals surface area contributed by atoms with Crippen molar-refractivity contribution in [1.29, 1.82) is 0 Å². The Balaban J connectivity index is 1.79. The van der Waals surface area contributed by atoms with Gasteiger partial charge in [0.1, 0.15) is 23.4 Å². The summed E-state index contributed by atoms with van der Waals surface area (Å²) in [7, 11) is 0. The number of thiazole rings is 1. The molecule has 3 rings (SSSR count). The monoisotopic (exact) mass is 319 g/mol. The van der Waals surface area contributed by atoms with Gasteiger partial charge in [0.15, 0.2) is 0 Å². The van der Waals surface area contributed by atoms with Gasteiger partial charge in [-0.05, 0) is 31.2 Å². The maximum absolute atomic E-state index is 13.7. The number of hydrogen-bond acceptors (Lipinski definition) is 5. The molecule has 1 aromatic carbocycles. The number of hydrogen-bond donors (Lipinski definition) is 0. The fourth-order valence-electron chi connectivity index (χ4n) is 1.85. The normalized spacial score (nSPS) is 12.9. The number of benzene rings is 1. The standard InChI is InChI=1S/C15H11F2N3OS/c1-9(14-3-2-6-21-14)19-20-15-18-13(8-22-15)11-5-4-10(16)7-12(11)17/h2-9H,1H3. The lowest BCUT2D eigenvalue weighted by Crippen LogP contribution is -1.86. The van der Waals surface area contributed by atoms with Crippen molar-refractivity contribution in [2.24, 2.45) is 10.2 Å². The van der Waals surface area contributed by atoms with Crippen LogP contribution in [0.4, 0.5) is 13.9 Å². The minimum absolute atomic E-state index is 0.232. The molecule has 0 radical (unpaired) electrons. The van der Waals surface area contributed by atoms with Crippen LogP contribution in [-0.2, 0) is 0 Å². The van der Waals surface area contributed by atoms with Crippen LogP contribution < -0.4 is 0 Å². The van der Waals surface area contributed by atoms with Crippen molar-refractivity contribution in [3.8, 4) is 11.3 Å². The number of azo groups is 1. The van der Waals surface area contributed by atoms with E-state index in [4.69, 9.17) is 4.42 Å². The highest BCUT2D eigenvalue weighted by Crippen LogP contribution is 2.30. The number of halogens is 2. The van der Waals surface area contributed by atoms with E-state index in [9.17, 15) is 8.78 Å². The highest BCUT2D eigenvalue weighted by atomic mass is 32.1. The molecule has 0 spiro atoms. The highest BCUT2D eigenvalue weighted by Gasteiger charge is 2.11. The lowest BCUT2D eigenvalue weighted by atomic mass is 10.1. The summed E-state index contributed by atoms with van der Waals surface area (Å²) in [6.07, 6.45) is 1.57. The molecule has 0 saturated carbocycles. The van der Waals surface area contributed by atoms with Crippen molar-refractivity contribution in [3.05, 3.63) is 59.4 Å². The summed E-state index contributed by atoms with van der Waals surface area (Å²) < 4.78 is 31.8. The Morgan fingerprint density at radius 2 is 2.14 bits per heavy atom. The van der Waals surface area contributed by atoms with Gasteiger partial charge in [0, 0.05) is 17.0 Å². The van der Waals surface area contributed by atoms with Crippen LogP contribution in [0.5, 0.6) is 0 Å². The summed E-state index contributed by atoms with van der Waals surface area (Å²) in [5.74, 6) is -0.577. The van der Waals surface area contributed by atoms with Gasteiger partial charge >= 0.3 is 0 Å². The number of aromatic nitrogens is 1. The quantitative estimate of drug-likeness (QED) is 0.594. The summed E-state index contributed by atoms with van der Waals surface area (Å²) in [6.45, 7) is 1.84. The van der Waals surface area contributed by atoms with Gasteiger partial charge in [0.05, 0.1) is 12.0 Å². The van der Waals surface area contributed by atoms with Gasteiger partial charge in [-0.2, -0.15) is 5.11 Å². The zero-order valence-corrected chi connectivity index (χ0v) is 12.3. The molecule has 22 heavy (non-hydrogen) atoms. The fourth-order valence-corrected chi connectivity index (χ4v) is 2.50. The van der Waals surface area contributed by atoms with Crippen LogP contribution in [0, 0.1) is 11.6 Å². The Morgan fingerprint density at radius 3 is 2.86 bits per heavy atom. The van der Waals surface area contributed by atoms with Crippen molar-refractivity contribution < 1.29 is 13.2 Å². The number of furan rings is 1. The van der Waals surface area contributed by atoms with Crippen LogP contribution in [0.3, 0.4) is 0 Å². The predicted molar refractivity (Wildman–Crippen MR) is 79.1 cm³/mol. The molecule has 0 N–H and O–H groups in total. The zero-order chi connectivity index (χ0) is 15.5. The van der Waals surface area contributed by atoms with Gasteiger partial charge in [-0.25, -0.2) is 13.8 Å². The van der Waals surface area contributed by atoms with E-state index in [2.05, 4.69) is 15.2 Å². The van der Waals surface area contributed by atoms with E-state index in [0.29, 0.717) is 16.6 Å². The van der Waals surface area contributed by atoms with Crippen LogP contribution in [0.2, 0.25) is 0 Å². The van der Waals surface area contributed by atoms with Gasteiger partial charge in [0.2, 0.25) is 5.13 Å². The van der Waals surface area contributed by atoms with Gasteiger partial charge in [0.25, 0.3) is 0 Å². The third kappa shape index (κ3) is 3.09. The molecule has 2 aromatic heterocycles. The molecule has 1 unspecified atom stereocenters. The molecule has 7 heteroatoms. The minimum Gasteiger partial charge on any atom is -0.467 e. The Hall–Kier alpha value is -2.41. The third-order valence-electron chi connectivity index (χ3n) is 2.97. The molecular formula is C15H11F2N3OS. The lowest BCUT2D eigenvalue weighted by molar-refractivity contribution is 0.474. The molecule has 3 aromatic rings. The molecule has 0 aliphatic carbocycles. The average molecular weight is 319 g/mol. The van der Waals surface area contributed by atoms with E-state index in [1.165, 1.54) is 23.5 Å². The topological polar surface area (TPSA) is 50.8 Å². The molecule has 2 heterocycles. The maximum Gasteiger partial charge on any atom is 0.230 e. The fraction of sp³-hybridized carbons (Fsp3) is 0.133. The van der Waals surface area contributed by atoms with Gasteiger partial charge in [-0.1, -0.05) is 0 Å². The SMILES string of the molecule is CC(N=Nc1nc(-c2ccc(F)cc2F)cs1)c1ccco1. The zero-order valence-electron chi connectivity index (χ0n) is 11.5. The van der Waals surface area contributed by atoms with E-state index in [1.54, 1.807) is 17.7 Å². The smallest absolute Gasteiger partial charge is 0.230 e. The summed E-state index contributed by atoms with van der Waals surface area (Å²) >= 11 is 1.23. The first-order valence-corrected chi connectivity index (χ1v) is 7.36. The first kappa shape index (κ1) is 14.5. The lowest BCUT2D eigenvalue weighted by Gasteiger charge is -1.99. The second kappa shape index (κ2) is 6.15. The predicted octanol–water partition coefficient (Wildman–Crippen LogP) is 5.53. The molecular weight excluding hydrogens is 308 g/mol. The molecule has 0 fully saturated rings. The summed E-state index contributed by atoms with van der Waals surface area (Å²) in [5, 5.41) is 10.2. The maximum atomic E-state index is 13.7. The first-order chi connectivity index (χ1) is 10.6. The van der Waals surface area contributed by atoms with E-state index in [1.807, 2.05) is 13.0 Å². The van der Waals surface area contributed by atoms with E-state index in [-0.39, 0.29) is 11.6 Å². The highest BCUT2D eigenvalue weighted by molar-refractivity contribution is 7.13. The van der Waals surface area contributed by atoms with E-state index in [0.717, 1.165) is 6.07 Å². The first-order valence-electron chi connectivity index (χ1n) is 6.48. The van der Waals surface area contributed by atoms with E-state index < -0.39 is 11.6 Å². The molecule has 1 atom stereocenters. The third-order valence-corrected chi connectivity index (χ3v) is 3.70. The molecule has 0 bridgehead atoms. The Morgan fingerprint density at radius 1 is 1.27 bits per heavy atom. The van der Waals surface area contributed by atoms with Crippen LogP contribution in [0.15, 0.2) is 56.6 Å². The average Bonchev–Trinajstić information content (AvgIpc) is 3.16. The van der Waals surface area contributed by atoms with Crippen LogP contribution in [0.25, 0.3) is 11.3 Å². The molecule has 112 valence electrons. The van der Waals surface area contributed by atoms with Crippen molar-refractivity contribution in [2.75, 3.05) is 0 Å². The Kier molecular flexibility index (Phi) is 4.06. The Bertz CT molecular complexity index is 799. The van der Waals surface area contributed by atoms with Gasteiger partial charge in [-0.3, -0.25) is 0 Å². The van der Waals surface area contributed by atoms with Gasteiger partial charge < -0.3 is 4.42 Å². The van der Waals surface area contributed by atoms with Crippen molar-refractivity contribution in [1.82, 2.24) is 4.98 Å². The largest absolute Gasteiger partial charge is 0.467 e. The summed E-state index contributed by atoms with van der Waals surface area (Å²) in [5.41, 5.74) is 0.639. The molecule has 0 saturated heterocycles. The summed E-state index contributed by atoms with van der Waals surface area (Å²) in [4.78, 5) is 4.19. The second-order valence-electron chi connectivity index (χ2n) is 4.55. The van der Waals surface area contributed by atoms with Gasteiger partial charge in [-0.15, -0.1) is 16.5 Å². The molecule has 4 nitrogen and oxygen atoms in total. The van der Waals surface area contributed by atoms with Crippen LogP contribution in [0.1, 0.15) is 18.7 Å². The molecule has 0 aliphatic rings. The van der Waals surface area contributed by atoms with Crippen molar-refractivity contribution in [3.63, 3.8) is 0 Å². The van der Waals surface area contributed by atoms with Crippen molar-refractivity contribution >= 4 is 16.5 Å². The van der Waals surface area contributed by atoms with Crippen LogP contribution in [-0.4, -0.2) is 4.98 Å². The Labute approximate surface area is 129 Å². The van der Waals surface area contributed by atoms with Crippen molar-refractivity contribution in [2.45, 2.75) is 13.0 Å². The van der Waals surface area contributed by atoms with E-state index >= 15 is 0 Å². The number of rotatable bonds is 4. The molecule has 0 amide bonds.